The maximum Gasteiger partial charge on any atom is 0.303 e. The first-order valence-corrected chi connectivity index (χ1v) is 7.24. The molecule has 2 N–H and O–H groups in total. The van der Waals surface area contributed by atoms with E-state index in [-0.39, 0.29) is 24.2 Å². The van der Waals surface area contributed by atoms with Crippen molar-refractivity contribution in [3.8, 4) is 0 Å². The fourth-order valence-corrected chi connectivity index (χ4v) is 2.70. The number of benzene rings is 1. The monoisotopic (exact) mass is 291 g/mol. The number of aliphatic carboxylic acids is 1. The first-order chi connectivity index (χ1) is 10.1. The van der Waals surface area contributed by atoms with Crippen molar-refractivity contribution in [1.82, 2.24) is 5.32 Å². The van der Waals surface area contributed by atoms with Gasteiger partial charge in [-0.1, -0.05) is 30.3 Å². The van der Waals surface area contributed by atoms with Gasteiger partial charge >= 0.3 is 5.97 Å². The quantitative estimate of drug-likeness (QED) is 0.836. The number of hydrogen-bond donors (Lipinski definition) is 2. The smallest absolute Gasteiger partial charge is 0.303 e. The van der Waals surface area contributed by atoms with Crippen LogP contribution in [-0.2, 0) is 19.7 Å². The largest absolute Gasteiger partial charge is 0.481 e. The lowest BCUT2D eigenvalue weighted by Crippen LogP contribution is -2.44. The Morgan fingerprint density at radius 1 is 1.14 bits per heavy atom. The molecule has 0 aromatic heterocycles. The highest BCUT2D eigenvalue weighted by Gasteiger charge is 2.34. The van der Waals surface area contributed by atoms with E-state index in [0.717, 1.165) is 12.8 Å². The Bertz CT molecular complexity index is 480. The van der Waals surface area contributed by atoms with Gasteiger partial charge in [-0.3, -0.25) is 9.59 Å². The van der Waals surface area contributed by atoms with Crippen LogP contribution in [0.4, 0.5) is 0 Å². The zero-order valence-electron chi connectivity index (χ0n) is 12.0. The molecule has 0 spiro atoms. The van der Waals surface area contributed by atoms with Crippen LogP contribution in [0, 0.1) is 0 Å². The molecule has 0 radical (unpaired) electrons. The third-order valence-corrected chi connectivity index (χ3v) is 4.03. The maximum absolute atomic E-state index is 11.8. The van der Waals surface area contributed by atoms with Gasteiger partial charge in [0.15, 0.2) is 0 Å². The summed E-state index contributed by atoms with van der Waals surface area (Å²) >= 11 is 0. The third-order valence-electron chi connectivity index (χ3n) is 4.03. The summed E-state index contributed by atoms with van der Waals surface area (Å²) in [7, 11) is 0. The summed E-state index contributed by atoms with van der Waals surface area (Å²) in [4.78, 5) is 22.3. The Balaban J connectivity index is 2.00. The van der Waals surface area contributed by atoms with Crippen LogP contribution in [0.25, 0.3) is 0 Å². The molecule has 1 heterocycles. The Morgan fingerprint density at radius 3 is 2.43 bits per heavy atom. The average Bonchev–Trinajstić information content (AvgIpc) is 2.52. The maximum atomic E-state index is 11.8. The van der Waals surface area contributed by atoms with Gasteiger partial charge in [0, 0.05) is 31.6 Å². The van der Waals surface area contributed by atoms with Gasteiger partial charge in [-0.15, -0.1) is 0 Å². The summed E-state index contributed by atoms with van der Waals surface area (Å²) < 4.78 is 5.44. The third kappa shape index (κ3) is 4.29. The molecule has 114 valence electrons. The van der Waals surface area contributed by atoms with Crippen LogP contribution in [0.1, 0.15) is 31.2 Å². The molecule has 21 heavy (non-hydrogen) atoms. The van der Waals surface area contributed by atoms with Gasteiger partial charge in [-0.25, -0.2) is 0 Å². The highest BCUT2D eigenvalue weighted by atomic mass is 16.5. The van der Waals surface area contributed by atoms with Crippen LogP contribution in [-0.4, -0.2) is 36.7 Å². The van der Waals surface area contributed by atoms with Gasteiger partial charge in [0.25, 0.3) is 0 Å². The zero-order valence-corrected chi connectivity index (χ0v) is 12.0. The molecular weight excluding hydrogens is 270 g/mol. The summed E-state index contributed by atoms with van der Waals surface area (Å²) in [6.45, 7) is 1.89. The molecule has 1 aliphatic heterocycles. The molecule has 1 aromatic rings. The Kier molecular flexibility index (Phi) is 5.33. The zero-order chi connectivity index (χ0) is 15.1. The molecule has 2 rings (SSSR count). The fourth-order valence-electron chi connectivity index (χ4n) is 2.70. The number of carbonyl (C=O) groups is 2. The van der Waals surface area contributed by atoms with E-state index < -0.39 is 5.97 Å². The van der Waals surface area contributed by atoms with E-state index in [4.69, 9.17) is 9.84 Å². The van der Waals surface area contributed by atoms with Crippen LogP contribution < -0.4 is 5.32 Å². The van der Waals surface area contributed by atoms with Crippen molar-refractivity contribution in [3.05, 3.63) is 35.9 Å². The topological polar surface area (TPSA) is 75.6 Å². The second-order valence-corrected chi connectivity index (χ2v) is 5.43. The van der Waals surface area contributed by atoms with E-state index in [1.54, 1.807) is 0 Å². The molecule has 0 aliphatic carbocycles. The molecule has 0 saturated carbocycles. The lowest BCUT2D eigenvalue weighted by atomic mass is 9.74. The van der Waals surface area contributed by atoms with Crippen molar-refractivity contribution >= 4 is 11.9 Å². The molecule has 1 amide bonds. The average molecular weight is 291 g/mol. The summed E-state index contributed by atoms with van der Waals surface area (Å²) in [6, 6.07) is 10.1. The molecule has 1 fully saturated rings. The highest BCUT2D eigenvalue weighted by Crippen LogP contribution is 2.34. The van der Waals surface area contributed by atoms with Crippen LogP contribution in [0.15, 0.2) is 30.3 Å². The number of rotatable bonds is 6. The normalized spacial score (nSPS) is 17.1. The number of nitrogens with one attached hydrogen (secondary N) is 1. The second kappa shape index (κ2) is 7.22. The lowest BCUT2D eigenvalue weighted by molar-refractivity contribution is -0.138. The van der Waals surface area contributed by atoms with Gasteiger partial charge in [0.05, 0.1) is 6.42 Å². The van der Waals surface area contributed by atoms with E-state index in [2.05, 4.69) is 17.4 Å². The van der Waals surface area contributed by atoms with E-state index in [0.29, 0.717) is 19.8 Å². The van der Waals surface area contributed by atoms with Crippen LogP contribution in [0.5, 0.6) is 0 Å². The van der Waals surface area contributed by atoms with Crippen molar-refractivity contribution in [1.29, 1.82) is 0 Å². The van der Waals surface area contributed by atoms with E-state index in [9.17, 15) is 9.59 Å². The number of carbonyl (C=O) groups excluding carboxylic acids is 1. The standard InChI is InChI=1S/C16H21NO4/c18-14(6-7-15(19)20)17-12-16(8-10-21-11-9-16)13-4-2-1-3-5-13/h1-5H,6-12H2,(H,17,18)(H,19,20). The minimum atomic E-state index is -0.950. The van der Waals surface area contributed by atoms with Crippen molar-refractivity contribution in [3.63, 3.8) is 0 Å². The highest BCUT2D eigenvalue weighted by molar-refractivity contribution is 5.80. The minimum Gasteiger partial charge on any atom is -0.481 e. The van der Waals surface area contributed by atoms with Crippen molar-refractivity contribution in [2.75, 3.05) is 19.8 Å². The molecular formula is C16H21NO4. The van der Waals surface area contributed by atoms with E-state index >= 15 is 0 Å². The number of amides is 1. The summed E-state index contributed by atoms with van der Waals surface area (Å²) in [5.74, 6) is -1.16. The molecule has 5 nitrogen and oxygen atoms in total. The van der Waals surface area contributed by atoms with E-state index in [1.807, 2.05) is 18.2 Å². The van der Waals surface area contributed by atoms with Crippen molar-refractivity contribution < 1.29 is 19.4 Å². The summed E-state index contributed by atoms with van der Waals surface area (Å²) in [5.41, 5.74) is 1.09. The predicted molar refractivity (Wildman–Crippen MR) is 78.1 cm³/mol. The van der Waals surface area contributed by atoms with Gasteiger partial charge in [-0.2, -0.15) is 0 Å². The Labute approximate surface area is 124 Å². The summed E-state index contributed by atoms with van der Waals surface area (Å²) in [5, 5.41) is 11.5. The van der Waals surface area contributed by atoms with Crippen molar-refractivity contribution in [2.24, 2.45) is 0 Å². The van der Waals surface area contributed by atoms with Crippen LogP contribution in [0.3, 0.4) is 0 Å². The van der Waals surface area contributed by atoms with Gasteiger partial charge in [0.2, 0.25) is 5.91 Å². The molecule has 0 bridgehead atoms. The summed E-state index contributed by atoms with van der Waals surface area (Å²) in [6.07, 6.45) is 1.61. The number of carboxylic acids is 1. The van der Waals surface area contributed by atoms with Crippen LogP contribution in [0.2, 0.25) is 0 Å². The first-order valence-electron chi connectivity index (χ1n) is 7.24. The van der Waals surface area contributed by atoms with Gasteiger partial charge in [0.1, 0.15) is 0 Å². The predicted octanol–water partition coefficient (Wildman–Crippen LogP) is 1.72. The Morgan fingerprint density at radius 2 is 1.81 bits per heavy atom. The van der Waals surface area contributed by atoms with Crippen LogP contribution >= 0.6 is 0 Å². The number of hydrogen-bond acceptors (Lipinski definition) is 3. The molecule has 0 unspecified atom stereocenters. The first kappa shape index (κ1) is 15.5. The SMILES string of the molecule is O=C(O)CCC(=O)NCC1(c2ccccc2)CCOCC1. The minimum absolute atomic E-state index is 0.0245. The molecule has 1 saturated heterocycles. The molecule has 0 atom stereocenters. The molecule has 1 aromatic carbocycles. The molecule has 5 heteroatoms. The fraction of sp³-hybridized carbons (Fsp3) is 0.500. The van der Waals surface area contributed by atoms with Crippen molar-refractivity contribution in [2.45, 2.75) is 31.1 Å². The van der Waals surface area contributed by atoms with Gasteiger partial charge < -0.3 is 15.2 Å². The van der Waals surface area contributed by atoms with Gasteiger partial charge in [-0.05, 0) is 18.4 Å². The van der Waals surface area contributed by atoms with E-state index in [1.165, 1.54) is 5.56 Å². The lowest BCUT2D eigenvalue weighted by Gasteiger charge is -2.38. The second-order valence-electron chi connectivity index (χ2n) is 5.43. The molecule has 1 aliphatic rings. The number of carboxylic acid groups (broad SMARTS) is 1. The number of ether oxygens (including phenoxy) is 1. The Hall–Kier alpha value is -1.88.